The summed E-state index contributed by atoms with van der Waals surface area (Å²) in [5, 5.41) is 0. The van der Waals surface area contributed by atoms with E-state index in [4.69, 9.17) is 5.73 Å². The third-order valence-electron chi connectivity index (χ3n) is 2.37. The fourth-order valence-electron chi connectivity index (χ4n) is 1.42. The lowest BCUT2D eigenvalue weighted by Gasteiger charge is -2.16. The van der Waals surface area contributed by atoms with Gasteiger partial charge in [-0.2, -0.15) is 0 Å². The first-order valence-corrected chi connectivity index (χ1v) is 6.69. The lowest BCUT2D eigenvalue weighted by Crippen LogP contribution is -2.28. The molecule has 5 nitrogen and oxygen atoms in total. The van der Waals surface area contributed by atoms with Crippen LogP contribution in [-0.4, -0.2) is 32.2 Å². The van der Waals surface area contributed by atoms with Gasteiger partial charge in [0.25, 0.3) is 0 Å². The molecule has 1 amide bonds. The molecule has 0 unspecified atom stereocenters. The monoisotopic (exact) mass is 256 g/mol. The van der Waals surface area contributed by atoms with Gasteiger partial charge in [0.1, 0.15) is 0 Å². The Morgan fingerprint density at radius 3 is 2.59 bits per heavy atom. The SMILES string of the molecule is CCCN(C)S(=O)(=O)c1cccc(C(N)=O)c1. The number of carbonyl (C=O) groups excluding carboxylic acids is 1. The van der Waals surface area contributed by atoms with E-state index in [1.165, 1.54) is 35.6 Å². The quantitative estimate of drug-likeness (QED) is 0.846. The van der Waals surface area contributed by atoms with Crippen molar-refractivity contribution in [3.8, 4) is 0 Å². The highest BCUT2D eigenvalue weighted by atomic mass is 32.2. The molecule has 0 saturated carbocycles. The fraction of sp³-hybridized carbons (Fsp3) is 0.364. The summed E-state index contributed by atoms with van der Waals surface area (Å²) >= 11 is 0. The van der Waals surface area contributed by atoms with Crippen molar-refractivity contribution in [1.82, 2.24) is 4.31 Å². The smallest absolute Gasteiger partial charge is 0.248 e. The van der Waals surface area contributed by atoms with E-state index in [0.717, 1.165) is 6.42 Å². The van der Waals surface area contributed by atoms with Gasteiger partial charge in [0.15, 0.2) is 0 Å². The van der Waals surface area contributed by atoms with E-state index in [0.29, 0.717) is 6.54 Å². The van der Waals surface area contributed by atoms with Crippen LogP contribution in [0, 0.1) is 0 Å². The molecule has 2 N–H and O–H groups in total. The molecular weight excluding hydrogens is 240 g/mol. The molecule has 0 heterocycles. The Morgan fingerprint density at radius 2 is 2.06 bits per heavy atom. The lowest BCUT2D eigenvalue weighted by atomic mass is 10.2. The van der Waals surface area contributed by atoms with E-state index < -0.39 is 15.9 Å². The lowest BCUT2D eigenvalue weighted by molar-refractivity contribution is 0.1000. The largest absolute Gasteiger partial charge is 0.366 e. The summed E-state index contributed by atoms with van der Waals surface area (Å²) < 4.78 is 25.4. The minimum atomic E-state index is -3.53. The van der Waals surface area contributed by atoms with Crippen LogP contribution < -0.4 is 5.73 Å². The second kappa shape index (κ2) is 5.29. The van der Waals surface area contributed by atoms with Gasteiger partial charge in [-0.15, -0.1) is 0 Å². The van der Waals surface area contributed by atoms with Crippen molar-refractivity contribution in [2.45, 2.75) is 18.2 Å². The van der Waals surface area contributed by atoms with Gasteiger partial charge in [-0.3, -0.25) is 4.79 Å². The van der Waals surface area contributed by atoms with Crippen LogP contribution in [0.5, 0.6) is 0 Å². The third kappa shape index (κ3) is 3.04. The average molecular weight is 256 g/mol. The summed E-state index contributed by atoms with van der Waals surface area (Å²) in [4.78, 5) is 11.1. The molecule has 0 bridgehead atoms. The number of sulfonamides is 1. The second-order valence-corrected chi connectivity index (χ2v) is 5.76. The Hall–Kier alpha value is -1.40. The molecule has 1 aromatic rings. The summed E-state index contributed by atoms with van der Waals surface area (Å²) in [6.45, 7) is 2.33. The molecule has 0 aliphatic heterocycles. The Labute approximate surface area is 101 Å². The zero-order valence-electron chi connectivity index (χ0n) is 9.88. The van der Waals surface area contributed by atoms with E-state index in [9.17, 15) is 13.2 Å². The van der Waals surface area contributed by atoms with Gasteiger partial charge in [0.2, 0.25) is 15.9 Å². The highest BCUT2D eigenvalue weighted by Gasteiger charge is 2.20. The van der Waals surface area contributed by atoms with Crippen LogP contribution in [0.2, 0.25) is 0 Å². The molecule has 0 aliphatic carbocycles. The number of carbonyl (C=O) groups is 1. The summed E-state index contributed by atoms with van der Waals surface area (Å²) in [5.74, 6) is -0.639. The normalized spacial score (nSPS) is 11.7. The molecule has 0 radical (unpaired) electrons. The molecule has 1 aromatic carbocycles. The first-order chi connectivity index (χ1) is 7.89. The maximum Gasteiger partial charge on any atom is 0.248 e. The van der Waals surface area contributed by atoms with E-state index in [1.54, 1.807) is 0 Å². The molecular formula is C11H16N2O3S. The first kappa shape index (κ1) is 13.7. The Balaban J connectivity index is 3.15. The van der Waals surface area contributed by atoms with Crippen molar-refractivity contribution in [2.75, 3.05) is 13.6 Å². The number of nitrogens with two attached hydrogens (primary N) is 1. The van der Waals surface area contributed by atoms with Gasteiger partial charge in [0.05, 0.1) is 4.90 Å². The van der Waals surface area contributed by atoms with Crippen LogP contribution >= 0.6 is 0 Å². The van der Waals surface area contributed by atoms with E-state index >= 15 is 0 Å². The van der Waals surface area contributed by atoms with Gasteiger partial charge in [-0.25, -0.2) is 12.7 Å². The molecule has 0 aromatic heterocycles. The fourth-order valence-corrected chi connectivity index (χ4v) is 2.73. The third-order valence-corrected chi connectivity index (χ3v) is 4.22. The molecule has 6 heteroatoms. The number of hydrogen-bond acceptors (Lipinski definition) is 3. The van der Waals surface area contributed by atoms with E-state index in [-0.39, 0.29) is 10.5 Å². The molecule has 0 spiro atoms. The summed E-state index contributed by atoms with van der Waals surface area (Å²) in [6.07, 6.45) is 0.727. The number of amides is 1. The number of rotatable bonds is 5. The predicted octanol–water partition coefficient (Wildman–Crippen LogP) is 0.816. The Kier molecular flexibility index (Phi) is 4.25. The molecule has 1 rings (SSSR count). The number of nitrogens with zero attached hydrogens (tertiary/aromatic N) is 1. The zero-order valence-corrected chi connectivity index (χ0v) is 10.7. The molecule has 17 heavy (non-hydrogen) atoms. The van der Waals surface area contributed by atoms with Crippen LogP contribution in [0.15, 0.2) is 29.2 Å². The minimum absolute atomic E-state index is 0.0877. The van der Waals surface area contributed by atoms with Gasteiger partial charge < -0.3 is 5.73 Å². The van der Waals surface area contributed by atoms with Crippen molar-refractivity contribution in [3.05, 3.63) is 29.8 Å². The standard InChI is InChI=1S/C11H16N2O3S/c1-3-7-13(2)17(15,16)10-6-4-5-9(8-10)11(12)14/h4-6,8H,3,7H2,1-2H3,(H2,12,14). The number of benzene rings is 1. The van der Waals surface area contributed by atoms with Crippen LogP contribution in [-0.2, 0) is 10.0 Å². The van der Waals surface area contributed by atoms with E-state index in [2.05, 4.69) is 0 Å². The van der Waals surface area contributed by atoms with Crippen molar-refractivity contribution in [2.24, 2.45) is 5.73 Å². The van der Waals surface area contributed by atoms with Crippen molar-refractivity contribution >= 4 is 15.9 Å². The molecule has 0 fully saturated rings. The van der Waals surface area contributed by atoms with Gasteiger partial charge >= 0.3 is 0 Å². The first-order valence-electron chi connectivity index (χ1n) is 5.25. The highest BCUT2D eigenvalue weighted by molar-refractivity contribution is 7.89. The van der Waals surface area contributed by atoms with Gasteiger partial charge in [-0.1, -0.05) is 13.0 Å². The molecule has 94 valence electrons. The summed E-state index contributed by atoms with van der Waals surface area (Å²) in [6, 6.07) is 5.74. The Morgan fingerprint density at radius 1 is 1.41 bits per heavy atom. The second-order valence-electron chi connectivity index (χ2n) is 3.72. The zero-order chi connectivity index (χ0) is 13.1. The molecule has 0 aliphatic rings. The highest BCUT2D eigenvalue weighted by Crippen LogP contribution is 2.15. The van der Waals surface area contributed by atoms with Crippen molar-refractivity contribution < 1.29 is 13.2 Å². The van der Waals surface area contributed by atoms with Crippen LogP contribution in [0.1, 0.15) is 23.7 Å². The van der Waals surface area contributed by atoms with Gasteiger partial charge in [0, 0.05) is 19.2 Å². The topological polar surface area (TPSA) is 80.5 Å². The van der Waals surface area contributed by atoms with Gasteiger partial charge in [-0.05, 0) is 24.6 Å². The Bertz CT molecular complexity index is 511. The number of hydrogen-bond donors (Lipinski definition) is 1. The average Bonchev–Trinajstić information content (AvgIpc) is 2.29. The van der Waals surface area contributed by atoms with Crippen LogP contribution in [0.4, 0.5) is 0 Å². The van der Waals surface area contributed by atoms with Crippen molar-refractivity contribution in [1.29, 1.82) is 0 Å². The molecule has 0 atom stereocenters. The predicted molar refractivity (Wildman–Crippen MR) is 65.1 cm³/mol. The van der Waals surface area contributed by atoms with Crippen molar-refractivity contribution in [3.63, 3.8) is 0 Å². The molecule has 0 saturated heterocycles. The minimum Gasteiger partial charge on any atom is -0.366 e. The summed E-state index contributed by atoms with van der Waals surface area (Å²) in [5.41, 5.74) is 5.30. The maximum atomic E-state index is 12.1. The van der Waals surface area contributed by atoms with Crippen LogP contribution in [0.25, 0.3) is 0 Å². The summed E-state index contributed by atoms with van der Waals surface area (Å²) in [7, 11) is -2.02. The number of primary amides is 1. The maximum absolute atomic E-state index is 12.1. The van der Waals surface area contributed by atoms with E-state index in [1.807, 2.05) is 6.92 Å². The van der Waals surface area contributed by atoms with Crippen LogP contribution in [0.3, 0.4) is 0 Å².